The van der Waals surface area contributed by atoms with Gasteiger partial charge in [-0.3, -0.25) is 0 Å². The number of benzene rings is 6. The van der Waals surface area contributed by atoms with Gasteiger partial charge in [-0.1, -0.05) is 103 Å². The lowest BCUT2D eigenvalue weighted by Crippen LogP contribution is -2.14. The number of rotatable bonds is 5. The van der Waals surface area contributed by atoms with E-state index in [0.29, 0.717) is 16.9 Å². The number of hydrogen-bond acceptors (Lipinski definition) is 1. The van der Waals surface area contributed by atoms with Gasteiger partial charge in [-0.2, -0.15) is 0 Å². The molecule has 0 N–H and O–H groups in total. The third-order valence-corrected chi connectivity index (χ3v) is 7.00. The summed E-state index contributed by atoms with van der Waals surface area (Å²) in [5.74, 6) is -0.818. The zero-order chi connectivity index (χ0) is 26.1. The van der Waals surface area contributed by atoms with E-state index in [2.05, 4.69) is 42.5 Å². The summed E-state index contributed by atoms with van der Waals surface area (Å²) in [5.41, 5.74) is 6.22. The van der Waals surface area contributed by atoms with Crippen LogP contribution < -0.4 is 4.90 Å². The van der Waals surface area contributed by atoms with Gasteiger partial charge in [-0.25, -0.2) is 8.78 Å². The lowest BCUT2D eigenvalue weighted by molar-refractivity contribution is 0.618. The quantitative estimate of drug-likeness (QED) is 0.229. The summed E-state index contributed by atoms with van der Waals surface area (Å²) in [7, 11) is 1.71. The highest BCUT2D eigenvalue weighted by Crippen LogP contribution is 2.44. The lowest BCUT2D eigenvalue weighted by atomic mass is 9.90. The van der Waals surface area contributed by atoms with Crippen LogP contribution in [0.1, 0.15) is 0 Å². The molecule has 38 heavy (non-hydrogen) atoms. The molecule has 0 unspecified atom stereocenters. The summed E-state index contributed by atoms with van der Waals surface area (Å²) in [6, 6.07) is 42.5. The van der Waals surface area contributed by atoms with Crippen molar-refractivity contribution in [3.63, 3.8) is 0 Å². The highest BCUT2D eigenvalue weighted by Gasteiger charge is 2.22. The van der Waals surface area contributed by atoms with Gasteiger partial charge in [0.25, 0.3) is 0 Å². The largest absolute Gasteiger partial charge is 0.339 e. The zero-order valence-corrected chi connectivity index (χ0v) is 20.9. The van der Waals surface area contributed by atoms with E-state index in [-0.39, 0.29) is 0 Å². The zero-order valence-electron chi connectivity index (χ0n) is 20.9. The number of anilines is 2. The Hall–Kier alpha value is -4.76. The average molecular weight is 498 g/mol. The fourth-order valence-electron chi connectivity index (χ4n) is 5.11. The molecule has 0 fully saturated rings. The predicted octanol–water partition coefficient (Wildman–Crippen LogP) is 9.89. The van der Waals surface area contributed by atoms with Gasteiger partial charge in [0.2, 0.25) is 0 Å². The summed E-state index contributed by atoms with van der Waals surface area (Å²) in [6.45, 7) is 0. The highest BCUT2D eigenvalue weighted by atomic mass is 19.1. The van der Waals surface area contributed by atoms with Gasteiger partial charge < -0.3 is 4.90 Å². The summed E-state index contributed by atoms with van der Waals surface area (Å²) in [4.78, 5) is 1.60. The minimum atomic E-state index is -0.413. The summed E-state index contributed by atoms with van der Waals surface area (Å²) >= 11 is 0. The fraction of sp³-hybridized carbons (Fsp3) is 0.0286. The Morgan fingerprint density at radius 2 is 1.13 bits per heavy atom. The maximum atomic E-state index is 15.6. The Bertz CT molecular complexity index is 1760. The van der Waals surface area contributed by atoms with E-state index < -0.39 is 11.6 Å². The first-order valence-corrected chi connectivity index (χ1v) is 12.6. The van der Waals surface area contributed by atoms with Gasteiger partial charge in [-0.15, -0.1) is 0 Å². The first-order chi connectivity index (χ1) is 18.6. The fourth-order valence-corrected chi connectivity index (χ4v) is 5.11. The third-order valence-electron chi connectivity index (χ3n) is 7.00. The smallest absolute Gasteiger partial charge is 0.147 e. The Balaban J connectivity index is 1.55. The van der Waals surface area contributed by atoms with Crippen LogP contribution in [0.15, 0.2) is 133 Å². The standard InChI is InChI=1S/C35H25F2N/c1-38(33-17-8-7-16-31(33)36)35-32(37)21-20-30(34(35)25-11-3-2-4-12-25)29-15-9-14-27(23-29)28-19-18-24-10-5-6-13-26(24)22-28/h2-23H,1H3. The molecule has 6 aromatic rings. The Labute approximate surface area is 221 Å². The molecule has 6 rings (SSSR count). The monoisotopic (exact) mass is 497 g/mol. The van der Waals surface area contributed by atoms with Crippen molar-refractivity contribution in [2.45, 2.75) is 0 Å². The molecular formula is C35H25F2N. The normalized spacial score (nSPS) is 11.0. The molecule has 0 aliphatic rings. The molecule has 6 aromatic carbocycles. The van der Waals surface area contributed by atoms with Crippen LogP contribution in [-0.2, 0) is 0 Å². The van der Waals surface area contributed by atoms with Gasteiger partial charge in [-0.05, 0) is 68.9 Å². The molecule has 0 aromatic heterocycles. The van der Waals surface area contributed by atoms with Crippen molar-refractivity contribution in [1.29, 1.82) is 0 Å². The van der Waals surface area contributed by atoms with Crippen LogP contribution in [0.4, 0.5) is 20.2 Å². The number of para-hydroxylation sites is 1. The molecule has 0 atom stereocenters. The summed E-state index contributed by atoms with van der Waals surface area (Å²) in [6.07, 6.45) is 0. The summed E-state index contributed by atoms with van der Waals surface area (Å²) < 4.78 is 30.4. The van der Waals surface area contributed by atoms with Gasteiger partial charge in [0, 0.05) is 12.6 Å². The van der Waals surface area contributed by atoms with Crippen LogP contribution in [-0.4, -0.2) is 7.05 Å². The van der Waals surface area contributed by atoms with E-state index >= 15 is 4.39 Å². The Kier molecular flexibility index (Phi) is 6.19. The second kappa shape index (κ2) is 9.95. The number of fused-ring (bicyclic) bond motifs is 1. The second-order valence-electron chi connectivity index (χ2n) is 9.34. The van der Waals surface area contributed by atoms with E-state index in [4.69, 9.17) is 0 Å². The van der Waals surface area contributed by atoms with Crippen molar-refractivity contribution in [3.05, 3.63) is 145 Å². The van der Waals surface area contributed by atoms with Crippen molar-refractivity contribution in [2.75, 3.05) is 11.9 Å². The molecule has 0 aliphatic carbocycles. The molecule has 184 valence electrons. The van der Waals surface area contributed by atoms with Crippen LogP contribution >= 0.6 is 0 Å². The minimum absolute atomic E-state index is 0.311. The molecule has 1 nitrogen and oxygen atoms in total. The van der Waals surface area contributed by atoms with Crippen molar-refractivity contribution in [2.24, 2.45) is 0 Å². The van der Waals surface area contributed by atoms with Gasteiger partial charge >= 0.3 is 0 Å². The van der Waals surface area contributed by atoms with Crippen LogP contribution in [0.25, 0.3) is 44.2 Å². The molecule has 0 spiro atoms. The average Bonchev–Trinajstić information content (AvgIpc) is 2.97. The van der Waals surface area contributed by atoms with E-state index in [1.54, 1.807) is 30.1 Å². The van der Waals surface area contributed by atoms with Gasteiger partial charge in [0.1, 0.15) is 11.6 Å². The minimum Gasteiger partial charge on any atom is -0.339 e. The maximum Gasteiger partial charge on any atom is 0.147 e. The first-order valence-electron chi connectivity index (χ1n) is 12.6. The van der Waals surface area contributed by atoms with E-state index in [1.807, 2.05) is 60.7 Å². The highest BCUT2D eigenvalue weighted by molar-refractivity contribution is 5.95. The van der Waals surface area contributed by atoms with Crippen LogP contribution in [0.3, 0.4) is 0 Å². The molecule has 0 bridgehead atoms. The van der Waals surface area contributed by atoms with Crippen LogP contribution in [0, 0.1) is 11.6 Å². The van der Waals surface area contributed by atoms with Gasteiger partial charge in [0.05, 0.1) is 11.4 Å². The lowest BCUT2D eigenvalue weighted by Gasteiger charge is -2.26. The van der Waals surface area contributed by atoms with Crippen molar-refractivity contribution >= 4 is 22.1 Å². The number of halogens is 2. The number of nitrogens with zero attached hydrogens (tertiary/aromatic N) is 1. The van der Waals surface area contributed by atoms with Crippen LogP contribution in [0.5, 0.6) is 0 Å². The second-order valence-corrected chi connectivity index (χ2v) is 9.34. The molecule has 0 amide bonds. The molecule has 0 aliphatic heterocycles. The SMILES string of the molecule is CN(c1ccccc1F)c1c(F)ccc(-c2cccc(-c3ccc4ccccc4c3)c2)c1-c1ccccc1. The van der Waals surface area contributed by atoms with Crippen molar-refractivity contribution in [1.82, 2.24) is 0 Å². The van der Waals surface area contributed by atoms with E-state index in [0.717, 1.165) is 27.8 Å². The molecule has 0 heterocycles. The third kappa shape index (κ3) is 4.33. The maximum absolute atomic E-state index is 15.6. The molecule has 0 saturated heterocycles. The topological polar surface area (TPSA) is 3.24 Å². The van der Waals surface area contributed by atoms with E-state index in [9.17, 15) is 4.39 Å². The predicted molar refractivity (Wildman–Crippen MR) is 155 cm³/mol. The Morgan fingerprint density at radius 3 is 1.95 bits per heavy atom. The van der Waals surface area contributed by atoms with Gasteiger partial charge in [0.15, 0.2) is 0 Å². The molecule has 0 saturated carbocycles. The van der Waals surface area contributed by atoms with E-state index in [1.165, 1.54) is 22.9 Å². The van der Waals surface area contributed by atoms with Crippen molar-refractivity contribution < 1.29 is 8.78 Å². The summed E-state index contributed by atoms with van der Waals surface area (Å²) in [5, 5.41) is 2.37. The first kappa shape index (κ1) is 23.6. The van der Waals surface area contributed by atoms with Crippen LogP contribution in [0.2, 0.25) is 0 Å². The molecular weight excluding hydrogens is 472 g/mol. The molecule has 0 radical (unpaired) electrons. The number of hydrogen-bond donors (Lipinski definition) is 0. The molecule has 3 heteroatoms. The Morgan fingerprint density at radius 1 is 0.474 bits per heavy atom. The van der Waals surface area contributed by atoms with Crippen molar-refractivity contribution in [3.8, 4) is 33.4 Å².